The highest BCUT2D eigenvalue weighted by atomic mass is 32.2. The van der Waals surface area contributed by atoms with Crippen LogP contribution in [0.15, 0.2) is 10.6 Å². The van der Waals surface area contributed by atoms with E-state index in [9.17, 15) is 13.8 Å². The van der Waals surface area contributed by atoms with Crippen LogP contribution in [0.1, 0.15) is 13.8 Å². The molecule has 6 nitrogen and oxygen atoms in total. The maximum absolute atomic E-state index is 11.4. The summed E-state index contributed by atoms with van der Waals surface area (Å²) in [7, 11) is -1.62. The molecule has 2 N–H and O–H groups in total. The fourth-order valence-electron chi connectivity index (χ4n) is 0.998. The van der Waals surface area contributed by atoms with Gasteiger partial charge in [0, 0.05) is 20.1 Å². The van der Waals surface area contributed by atoms with Crippen molar-refractivity contribution in [1.82, 2.24) is 0 Å². The number of carbonyl (C=O) groups is 2. The van der Waals surface area contributed by atoms with Crippen LogP contribution in [-0.4, -0.2) is 28.2 Å². The van der Waals surface area contributed by atoms with Crippen LogP contribution < -0.4 is 5.73 Å². The molecule has 1 heterocycles. The summed E-state index contributed by atoms with van der Waals surface area (Å²) in [5.41, 5.74) is 4.85. The minimum absolute atomic E-state index is 0.333. The van der Waals surface area contributed by atoms with Crippen molar-refractivity contribution in [1.29, 1.82) is 0 Å². The summed E-state index contributed by atoms with van der Waals surface area (Å²) < 4.78 is 20.6. The van der Waals surface area contributed by atoms with Gasteiger partial charge in [0.25, 0.3) is 5.79 Å². The molecule has 0 saturated carbocycles. The van der Waals surface area contributed by atoms with E-state index in [-0.39, 0.29) is 5.03 Å². The molecule has 0 radical (unpaired) electrons. The molecule has 84 valence electrons. The third-order valence-corrected chi connectivity index (χ3v) is 2.46. The van der Waals surface area contributed by atoms with E-state index in [2.05, 4.69) is 0 Å². The zero-order valence-corrected chi connectivity index (χ0v) is 9.34. The van der Waals surface area contributed by atoms with Crippen molar-refractivity contribution < 1.29 is 23.3 Å². The molecule has 0 aliphatic carbocycles. The Morgan fingerprint density at radius 3 is 2.00 bits per heavy atom. The Hall–Kier alpha value is -1.37. The van der Waals surface area contributed by atoms with E-state index in [1.165, 1.54) is 20.1 Å². The van der Waals surface area contributed by atoms with Gasteiger partial charge in [0.15, 0.2) is 5.57 Å². The lowest BCUT2D eigenvalue weighted by Crippen LogP contribution is -2.43. The fourth-order valence-corrected chi connectivity index (χ4v) is 1.45. The Balaban J connectivity index is 3.15. The van der Waals surface area contributed by atoms with Crippen molar-refractivity contribution in [3.05, 3.63) is 10.6 Å². The van der Waals surface area contributed by atoms with Crippen molar-refractivity contribution in [2.24, 2.45) is 5.73 Å². The summed E-state index contributed by atoms with van der Waals surface area (Å²) in [6.45, 7) is 2.83. The number of hydrogen-bond donors (Lipinski definition) is 1. The highest BCUT2D eigenvalue weighted by molar-refractivity contribution is 7.88. The number of rotatable bonds is 1. The first-order chi connectivity index (χ1) is 6.74. The second kappa shape index (κ2) is 3.65. The minimum atomic E-state index is -1.62. The second-order valence-corrected chi connectivity index (χ2v) is 4.72. The van der Waals surface area contributed by atoms with E-state index < -0.39 is 34.1 Å². The van der Waals surface area contributed by atoms with E-state index in [4.69, 9.17) is 15.2 Å². The Labute approximate surface area is 88.9 Å². The number of hydrogen-bond acceptors (Lipinski definition) is 6. The molecule has 1 atom stereocenters. The molecule has 1 rings (SSSR count). The third kappa shape index (κ3) is 2.35. The normalized spacial score (nSPS) is 21.7. The van der Waals surface area contributed by atoms with E-state index in [1.807, 2.05) is 0 Å². The second-order valence-electron chi connectivity index (χ2n) is 3.37. The topological polar surface area (TPSA) is 95.7 Å². The Morgan fingerprint density at radius 2 is 1.67 bits per heavy atom. The van der Waals surface area contributed by atoms with E-state index in [1.54, 1.807) is 0 Å². The Kier molecular flexibility index (Phi) is 2.85. The molecule has 15 heavy (non-hydrogen) atoms. The maximum atomic E-state index is 11.4. The van der Waals surface area contributed by atoms with Gasteiger partial charge in [0.05, 0.1) is 10.8 Å². The SMILES string of the molecule is CS(=O)C(N)=C1C(=O)OC(C)(C)OC1=O. The molecule has 0 aromatic rings. The molecule has 1 aliphatic heterocycles. The highest BCUT2D eigenvalue weighted by Gasteiger charge is 2.41. The first-order valence-electron chi connectivity index (χ1n) is 4.04. The molecule has 0 aromatic carbocycles. The van der Waals surface area contributed by atoms with Gasteiger partial charge in [-0.2, -0.15) is 0 Å². The highest BCUT2D eigenvalue weighted by Crippen LogP contribution is 2.23. The lowest BCUT2D eigenvalue weighted by molar-refractivity contribution is -0.222. The van der Waals surface area contributed by atoms with E-state index >= 15 is 0 Å². The summed E-state index contributed by atoms with van der Waals surface area (Å²) in [5.74, 6) is -3.14. The third-order valence-electron chi connectivity index (χ3n) is 1.64. The monoisotopic (exact) mass is 233 g/mol. The number of ether oxygens (including phenoxy) is 2. The van der Waals surface area contributed by atoms with Gasteiger partial charge in [-0.1, -0.05) is 0 Å². The van der Waals surface area contributed by atoms with Crippen LogP contribution in [0.25, 0.3) is 0 Å². The van der Waals surface area contributed by atoms with Crippen molar-refractivity contribution in [3.8, 4) is 0 Å². The van der Waals surface area contributed by atoms with Crippen LogP contribution in [0.3, 0.4) is 0 Å². The van der Waals surface area contributed by atoms with Crippen LogP contribution >= 0.6 is 0 Å². The first kappa shape index (κ1) is 11.7. The van der Waals surface area contributed by atoms with Crippen molar-refractivity contribution >= 4 is 22.7 Å². The molecule has 1 unspecified atom stereocenters. The van der Waals surface area contributed by atoms with Gasteiger partial charge in [-0.15, -0.1) is 0 Å². The summed E-state index contributed by atoms with van der Waals surface area (Å²) in [4.78, 5) is 22.7. The molecule has 7 heteroatoms. The molecular formula is C8H11NO5S. The van der Waals surface area contributed by atoms with Gasteiger partial charge >= 0.3 is 11.9 Å². The van der Waals surface area contributed by atoms with Crippen molar-refractivity contribution in [2.45, 2.75) is 19.6 Å². The number of esters is 2. The predicted octanol–water partition coefficient (Wildman–Crippen LogP) is -0.629. The minimum Gasteiger partial charge on any atom is -0.419 e. The van der Waals surface area contributed by atoms with E-state index in [0.717, 1.165) is 0 Å². The summed E-state index contributed by atoms with van der Waals surface area (Å²) in [5, 5.41) is -0.333. The number of nitrogens with two attached hydrogens (primary N) is 1. The lowest BCUT2D eigenvalue weighted by Gasteiger charge is -2.30. The van der Waals surface area contributed by atoms with Crippen molar-refractivity contribution in [2.75, 3.05) is 6.26 Å². The molecule has 1 saturated heterocycles. The lowest BCUT2D eigenvalue weighted by atomic mass is 10.2. The van der Waals surface area contributed by atoms with Crippen LogP contribution in [0.5, 0.6) is 0 Å². The summed E-state index contributed by atoms with van der Waals surface area (Å²) >= 11 is 0. The molecule has 0 aromatic heterocycles. The summed E-state index contributed by atoms with van der Waals surface area (Å²) in [6, 6.07) is 0. The molecule has 1 aliphatic rings. The largest absolute Gasteiger partial charge is 0.419 e. The molecule has 0 bridgehead atoms. The molecule has 1 fully saturated rings. The van der Waals surface area contributed by atoms with Gasteiger partial charge in [0.2, 0.25) is 0 Å². The van der Waals surface area contributed by atoms with Crippen molar-refractivity contribution in [3.63, 3.8) is 0 Å². The van der Waals surface area contributed by atoms with Gasteiger partial charge in [0.1, 0.15) is 5.03 Å². The number of carbonyl (C=O) groups excluding carboxylic acids is 2. The van der Waals surface area contributed by atoms with Crippen LogP contribution in [-0.2, 0) is 29.9 Å². The van der Waals surface area contributed by atoms with Crippen LogP contribution in [0, 0.1) is 0 Å². The van der Waals surface area contributed by atoms with Gasteiger partial charge in [-0.25, -0.2) is 9.59 Å². The van der Waals surface area contributed by atoms with Gasteiger partial charge in [-0.05, 0) is 0 Å². The molecule has 0 amide bonds. The summed E-state index contributed by atoms with van der Waals surface area (Å²) in [6.07, 6.45) is 1.25. The Bertz CT molecular complexity index is 362. The number of cyclic esters (lactones) is 2. The van der Waals surface area contributed by atoms with Crippen LogP contribution in [0.4, 0.5) is 0 Å². The zero-order chi connectivity index (χ0) is 11.8. The van der Waals surface area contributed by atoms with Crippen LogP contribution in [0.2, 0.25) is 0 Å². The quantitative estimate of drug-likeness (QED) is 0.368. The first-order valence-corrected chi connectivity index (χ1v) is 5.60. The Morgan fingerprint density at radius 1 is 1.27 bits per heavy atom. The average molecular weight is 233 g/mol. The van der Waals surface area contributed by atoms with Gasteiger partial charge < -0.3 is 15.2 Å². The predicted molar refractivity (Wildman–Crippen MR) is 51.5 cm³/mol. The zero-order valence-electron chi connectivity index (χ0n) is 8.53. The van der Waals surface area contributed by atoms with Gasteiger partial charge in [-0.3, -0.25) is 4.21 Å². The fraction of sp³-hybridized carbons (Fsp3) is 0.500. The maximum Gasteiger partial charge on any atom is 0.351 e. The van der Waals surface area contributed by atoms with E-state index in [0.29, 0.717) is 0 Å². The average Bonchev–Trinajstić information content (AvgIpc) is 1.99. The smallest absolute Gasteiger partial charge is 0.351 e. The standard InChI is InChI=1S/C8H11NO5S/c1-8(2)13-6(10)4(7(11)14-8)5(9)15(3)12/h9H2,1-3H3. The molecule has 0 spiro atoms. The molecular weight excluding hydrogens is 222 g/mol.